The smallest absolute Gasteiger partial charge is 0.335 e. The van der Waals surface area contributed by atoms with Crippen LogP contribution in [-0.2, 0) is 0 Å². The first-order valence-electron chi connectivity index (χ1n) is 5.58. The summed E-state index contributed by atoms with van der Waals surface area (Å²) in [6.07, 6.45) is 1.58. The van der Waals surface area contributed by atoms with Crippen LogP contribution in [0.3, 0.4) is 0 Å². The number of aryl methyl sites for hydroxylation is 1. The van der Waals surface area contributed by atoms with E-state index in [1.165, 1.54) is 7.11 Å². The van der Waals surface area contributed by atoms with E-state index in [0.29, 0.717) is 17.4 Å². The molecule has 0 amide bonds. The molecule has 0 saturated carbocycles. The molecule has 0 saturated heterocycles. The molecule has 2 rings (SSSR count). The van der Waals surface area contributed by atoms with Gasteiger partial charge in [-0.2, -0.15) is 4.98 Å². The Kier molecular flexibility index (Phi) is 3.61. The van der Waals surface area contributed by atoms with Gasteiger partial charge < -0.3 is 15.2 Å². The molecule has 0 aliphatic carbocycles. The summed E-state index contributed by atoms with van der Waals surface area (Å²) in [7, 11) is 1.53. The van der Waals surface area contributed by atoms with Crippen LogP contribution in [-0.4, -0.2) is 28.2 Å². The highest BCUT2D eigenvalue weighted by atomic mass is 16.5. The maximum absolute atomic E-state index is 10.9. The molecule has 1 heterocycles. The fourth-order valence-corrected chi connectivity index (χ4v) is 1.63. The summed E-state index contributed by atoms with van der Waals surface area (Å²) in [5.74, 6) is -0.0973. The van der Waals surface area contributed by atoms with Gasteiger partial charge in [0.1, 0.15) is 0 Å². The quantitative estimate of drug-likeness (QED) is 0.875. The Morgan fingerprint density at radius 2 is 2.16 bits per heavy atom. The largest absolute Gasteiger partial charge is 0.481 e. The number of benzene rings is 1. The summed E-state index contributed by atoms with van der Waals surface area (Å²) in [4.78, 5) is 19.1. The average molecular weight is 259 g/mol. The topological polar surface area (TPSA) is 84.3 Å². The SMILES string of the molecule is COc1ccnc(Nc2ccc(C(=O)O)c(C)c2)n1. The molecule has 0 aliphatic rings. The Bertz CT molecular complexity index is 614. The van der Waals surface area contributed by atoms with Crippen molar-refractivity contribution in [1.29, 1.82) is 0 Å². The number of ether oxygens (including phenoxy) is 1. The fraction of sp³-hybridized carbons (Fsp3) is 0.154. The van der Waals surface area contributed by atoms with Crippen LogP contribution in [0.25, 0.3) is 0 Å². The highest BCUT2D eigenvalue weighted by molar-refractivity contribution is 5.90. The molecule has 0 spiro atoms. The zero-order valence-electron chi connectivity index (χ0n) is 10.5. The van der Waals surface area contributed by atoms with Crippen LogP contribution in [0.4, 0.5) is 11.6 Å². The standard InChI is InChI=1S/C13H13N3O3/c1-8-7-9(3-4-10(8)12(17)18)15-13-14-6-5-11(16-13)19-2/h3-7H,1-2H3,(H,17,18)(H,14,15,16). The monoisotopic (exact) mass is 259 g/mol. The van der Waals surface area contributed by atoms with E-state index < -0.39 is 5.97 Å². The van der Waals surface area contributed by atoms with Crippen LogP contribution in [0.1, 0.15) is 15.9 Å². The summed E-state index contributed by atoms with van der Waals surface area (Å²) in [6.45, 7) is 1.74. The van der Waals surface area contributed by atoms with Crippen LogP contribution >= 0.6 is 0 Å². The molecule has 0 fully saturated rings. The van der Waals surface area contributed by atoms with Crippen LogP contribution in [0.15, 0.2) is 30.5 Å². The number of nitrogens with zero attached hydrogens (tertiary/aromatic N) is 2. The van der Waals surface area contributed by atoms with Crippen molar-refractivity contribution in [3.05, 3.63) is 41.6 Å². The van der Waals surface area contributed by atoms with Gasteiger partial charge in [0.2, 0.25) is 11.8 Å². The second-order valence-corrected chi connectivity index (χ2v) is 3.88. The fourth-order valence-electron chi connectivity index (χ4n) is 1.63. The third-order valence-corrected chi connectivity index (χ3v) is 2.55. The second kappa shape index (κ2) is 5.34. The van der Waals surface area contributed by atoms with Gasteiger partial charge in [0.05, 0.1) is 12.7 Å². The van der Waals surface area contributed by atoms with Gasteiger partial charge in [-0.05, 0) is 30.7 Å². The van der Waals surface area contributed by atoms with E-state index in [2.05, 4.69) is 15.3 Å². The van der Waals surface area contributed by atoms with E-state index >= 15 is 0 Å². The van der Waals surface area contributed by atoms with Gasteiger partial charge in [-0.15, -0.1) is 0 Å². The maximum atomic E-state index is 10.9. The zero-order chi connectivity index (χ0) is 13.8. The van der Waals surface area contributed by atoms with Crippen molar-refractivity contribution in [2.45, 2.75) is 6.92 Å². The van der Waals surface area contributed by atoms with Crippen LogP contribution in [0.2, 0.25) is 0 Å². The average Bonchev–Trinajstić information content (AvgIpc) is 2.38. The lowest BCUT2D eigenvalue weighted by molar-refractivity contribution is 0.0696. The first kappa shape index (κ1) is 12.8. The lowest BCUT2D eigenvalue weighted by Crippen LogP contribution is -2.02. The molecular weight excluding hydrogens is 246 g/mol. The number of carbonyl (C=O) groups is 1. The molecule has 19 heavy (non-hydrogen) atoms. The van der Waals surface area contributed by atoms with E-state index in [0.717, 1.165) is 5.69 Å². The van der Waals surface area contributed by atoms with E-state index in [1.54, 1.807) is 37.4 Å². The van der Waals surface area contributed by atoms with E-state index in [4.69, 9.17) is 9.84 Å². The molecule has 0 unspecified atom stereocenters. The van der Waals surface area contributed by atoms with Crippen molar-refractivity contribution in [2.24, 2.45) is 0 Å². The molecule has 6 heteroatoms. The van der Waals surface area contributed by atoms with Gasteiger partial charge in [0.15, 0.2) is 0 Å². The van der Waals surface area contributed by atoms with Crippen molar-refractivity contribution in [2.75, 3.05) is 12.4 Å². The predicted molar refractivity (Wildman–Crippen MR) is 70.0 cm³/mol. The highest BCUT2D eigenvalue weighted by Gasteiger charge is 2.07. The van der Waals surface area contributed by atoms with Crippen LogP contribution < -0.4 is 10.1 Å². The van der Waals surface area contributed by atoms with E-state index in [-0.39, 0.29) is 5.56 Å². The number of aromatic nitrogens is 2. The van der Waals surface area contributed by atoms with E-state index in [1.807, 2.05) is 0 Å². The number of rotatable bonds is 4. The number of aromatic carboxylic acids is 1. The number of carboxylic acid groups (broad SMARTS) is 1. The molecule has 98 valence electrons. The summed E-state index contributed by atoms with van der Waals surface area (Å²) in [5.41, 5.74) is 1.66. The molecule has 2 aromatic rings. The minimum Gasteiger partial charge on any atom is -0.481 e. The lowest BCUT2D eigenvalue weighted by atomic mass is 10.1. The van der Waals surface area contributed by atoms with Crippen molar-refractivity contribution in [1.82, 2.24) is 9.97 Å². The van der Waals surface area contributed by atoms with Crippen molar-refractivity contribution in [3.63, 3.8) is 0 Å². The van der Waals surface area contributed by atoms with Gasteiger partial charge in [0.25, 0.3) is 0 Å². The highest BCUT2D eigenvalue weighted by Crippen LogP contribution is 2.18. The van der Waals surface area contributed by atoms with Crippen molar-refractivity contribution < 1.29 is 14.6 Å². The molecule has 2 N–H and O–H groups in total. The number of nitrogens with one attached hydrogen (secondary N) is 1. The molecule has 0 bridgehead atoms. The zero-order valence-corrected chi connectivity index (χ0v) is 10.5. The number of hydrogen-bond donors (Lipinski definition) is 2. The third-order valence-electron chi connectivity index (χ3n) is 2.55. The first-order chi connectivity index (χ1) is 9.10. The second-order valence-electron chi connectivity index (χ2n) is 3.88. The summed E-state index contributed by atoms with van der Waals surface area (Å²) >= 11 is 0. The molecule has 0 atom stereocenters. The molecule has 0 aliphatic heterocycles. The third kappa shape index (κ3) is 2.98. The Labute approximate surface area is 110 Å². The van der Waals surface area contributed by atoms with Gasteiger partial charge in [-0.25, -0.2) is 9.78 Å². The lowest BCUT2D eigenvalue weighted by Gasteiger charge is -2.08. The summed E-state index contributed by atoms with van der Waals surface area (Å²) in [6, 6.07) is 6.58. The number of carboxylic acids is 1. The summed E-state index contributed by atoms with van der Waals surface area (Å²) < 4.78 is 5.00. The Balaban J connectivity index is 2.23. The Morgan fingerprint density at radius 3 is 2.79 bits per heavy atom. The molecule has 1 aromatic carbocycles. The number of hydrogen-bond acceptors (Lipinski definition) is 5. The normalized spacial score (nSPS) is 10.0. The predicted octanol–water partition coefficient (Wildman–Crippen LogP) is 2.24. The van der Waals surface area contributed by atoms with Gasteiger partial charge in [-0.3, -0.25) is 0 Å². The Hall–Kier alpha value is -2.63. The van der Waals surface area contributed by atoms with Gasteiger partial charge >= 0.3 is 5.97 Å². The van der Waals surface area contributed by atoms with Crippen LogP contribution in [0, 0.1) is 6.92 Å². The van der Waals surface area contributed by atoms with Crippen molar-refractivity contribution in [3.8, 4) is 5.88 Å². The Morgan fingerprint density at radius 1 is 1.37 bits per heavy atom. The number of anilines is 2. The van der Waals surface area contributed by atoms with Crippen molar-refractivity contribution >= 4 is 17.6 Å². The van der Waals surface area contributed by atoms with Gasteiger partial charge in [0, 0.05) is 18.0 Å². The summed E-state index contributed by atoms with van der Waals surface area (Å²) in [5, 5.41) is 11.9. The molecule has 0 radical (unpaired) electrons. The van der Waals surface area contributed by atoms with Gasteiger partial charge in [-0.1, -0.05) is 0 Å². The molecule has 1 aromatic heterocycles. The van der Waals surface area contributed by atoms with E-state index in [9.17, 15) is 4.79 Å². The minimum atomic E-state index is -0.943. The maximum Gasteiger partial charge on any atom is 0.335 e. The molecular formula is C13H13N3O3. The number of methoxy groups -OCH3 is 1. The first-order valence-corrected chi connectivity index (χ1v) is 5.58. The molecule has 6 nitrogen and oxygen atoms in total. The minimum absolute atomic E-state index is 0.275. The van der Waals surface area contributed by atoms with Crippen LogP contribution in [0.5, 0.6) is 5.88 Å².